The van der Waals surface area contributed by atoms with Gasteiger partial charge < -0.3 is 4.74 Å². The van der Waals surface area contributed by atoms with E-state index < -0.39 is 0 Å². The van der Waals surface area contributed by atoms with Crippen molar-refractivity contribution in [2.45, 2.75) is 30.6 Å². The van der Waals surface area contributed by atoms with Gasteiger partial charge in [0.05, 0.1) is 28.9 Å². The average Bonchev–Trinajstić information content (AvgIpc) is 3.42. The number of carbonyl (C=O) groups is 1. The second kappa shape index (κ2) is 8.70. The summed E-state index contributed by atoms with van der Waals surface area (Å²) in [5.74, 6) is 0.0264. The van der Waals surface area contributed by atoms with Crippen LogP contribution in [0.25, 0.3) is 20.4 Å². The topological polar surface area (TPSA) is 74.1 Å². The Bertz CT molecular complexity index is 1350. The first-order valence-corrected chi connectivity index (χ1v) is 12.1. The zero-order valence-corrected chi connectivity index (χ0v) is 18.8. The van der Waals surface area contributed by atoms with E-state index in [2.05, 4.69) is 4.98 Å². The predicted molar refractivity (Wildman–Crippen MR) is 125 cm³/mol. The molecule has 6 nitrogen and oxygen atoms in total. The smallest absolute Gasteiger partial charge is 0.272 e. The summed E-state index contributed by atoms with van der Waals surface area (Å²) in [6.45, 7) is 1.13. The summed E-state index contributed by atoms with van der Waals surface area (Å²) in [5, 5.41) is 1.78. The monoisotopic (exact) mass is 471 g/mol. The molecule has 4 heterocycles. The molecule has 0 bridgehead atoms. The Morgan fingerprint density at radius 3 is 2.97 bits per heavy atom. The summed E-state index contributed by atoms with van der Waals surface area (Å²) >= 11 is 8.78. The summed E-state index contributed by atoms with van der Waals surface area (Å²) in [6.07, 6.45) is 3.57. The molecule has 1 atom stereocenters. The SMILES string of the molecule is O=C(CSc1nc2c(sc3ncccc32)c(=O)n1C[C@@H]1CCCO1)c1ccccc1Cl. The Labute approximate surface area is 191 Å². The maximum atomic E-state index is 13.4. The van der Waals surface area contributed by atoms with Gasteiger partial charge in [0, 0.05) is 23.8 Å². The van der Waals surface area contributed by atoms with Crippen LogP contribution in [0.15, 0.2) is 52.5 Å². The fraction of sp³-hybridized carbons (Fsp3) is 0.273. The molecule has 1 aliphatic heterocycles. The van der Waals surface area contributed by atoms with E-state index in [9.17, 15) is 9.59 Å². The van der Waals surface area contributed by atoms with E-state index in [4.69, 9.17) is 21.3 Å². The number of rotatable bonds is 6. The highest BCUT2D eigenvalue weighted by Gasteiger charge is 2.23. The van der Waals surface area contributed by atoms with Crippen LogP contribution in [0.3, 0.4) is 0 Å². The van der Waals surface area contributed by atoms with Crippen molar-refractivity contribution in [2.24, 2.45) is 0 Å². The number of benzene rings is 1. The summed E-state index contributed by atoms with van der Waals surface area (Å²) in [7, 11) is 0. The van der Waals surface area contributed by atoms with Gasteiger partial charge in [0.15, 0.2) is 10.9 Å². The number of carbonyl (C=O) groups excluding carboxylic acids is 1. The fourth-order valence-corrected chi connectivity index (χ4v) is 5.86. The molecule has 1 aliphatic rings. The number of halogens is 1. The van der Waals surface area contributed by atoms with Crippen LogP contribution in [0.2, 0.25) is 5.02 Å². The highest BCUT2D eigenvalue weighted by Crippen LogP contribution is 2.31. The number of fused-ring (bicyclic) bond motifs is 3. The van der Waals surface area contributed by atoms with Gasteiger partial charge in [0.1, 0.15) is 9.53 Å². The Hall–Kier alpha value is -2.26. The van der Waals surface area contributed by atoms with E-state index >= 15 is 0 Å². The van der Waals surface area contributed by atoms with Crippen LogP contribution in [0.4, 0.5) is 0 Å². The molecule has 0 aliphatic carbocycles. The molecule has 31 heavy (non-hydrogen) atoms. The third-order valence-electron chi connectivity index (χ3n) is 5.23. The number of hydrogen-bond donors (Lipinski definition) is 0. The van der Waals surface area contributed by atoms with Crippen LogP contribution < -0.4 is 5.56 Å². The lowest BCUT2D eigenvalue weighted by Crippen LogP contribution is -2.28. The number of ether oxygens (including phenoxy) is 1. The van der Waals surface area contributed by atoms with Gasteiger partial charge in [-0.2, -0.15) is 0 Å². The van der Waals surface area contributed by atoms with Gasteiger partial charge in [0.2, 0.25) is 0 Å². The molecule has 0 amide bonds. The second-order valence-electron chi connectivity index (χ2n) is 7.27. The first kappa shape index (κ1) is 20.6. The van der Waals surface area contributed by atoms with Crippen molar-refractivity contribution in [1.29, 1.82) is 0 Å². The van der Waals surface area contributed by atoms with Crippen molar-refractivity contribution in [3.8, 4) is 0 Å². The highest BCUT2D eigenvalue weighted by molar-refractivity contribution is 7.99. The maximum Gasteiger partial charge on any atom is 0.272 e. The van der Waals surface area contributed by atoms with Crippen LogP contribution in [-0.2, 0) is 11.3 Å². The molecule has 4 aromatic rings. The molecular formula is C22H18ClN3O3S2. The van der Waals surface area contributed by atoms with E-state index in [0.29, 0.717) is 39.1 Å². The number of pyridine rings is 1. The summed E-state index contributed by atoms with van der Waals surface area (Å²) < 4.78 is 7.99. The van der Waals surface area contributed by atoms with E-state index in [0.717, 1.165) is 23.1 Å². The van der Waals surface area contributed by atoms with Crippen molar-refractivity contribution in [3.05, 3.63) is 63.5 Å². The number of thiophene rings is 1. The van der Waals surface area contributed by atoms with Gasteiger partial charge in [0.25, 0.3) is 5.56 Å². The largest absolute Gasteiger partial charge is 0.376 e. The Balaban J connectivity index is 1.55. The van der Waals surface area contributed by atoms with Crippen LogP contribution in [0, 0.1) is 0 Å². The molecule has 5 rings (SSSR count). The van der Waals surface area contributed by atoms with Gasteiger partial charge in [-0.05, 0) is 37.1 Å². The second-order valence-corrected chi connectivity index (χ2v) is 9.62. The van der Waals surface area contributed by atoms with E-state index in [1.54, 1.807) is 35.0 Å². The first-order chi connectivity index (χ1) is 15.1. The van der Waals surface area contributed by atoms with E-state index in [-0.39, 0.29) is 23.2 Å². The van der Waals surface area contributed by atoms with E-state index in [1.807, 2.05) is 12.1 Å². The molecule has 0 saturated carbocycles. The highest BCUT2D eigenvalue weighted by atomic mass is 35.5. The minimum atomic E-state index is -0.115. The number of nitrogens with zero attached hydrogens (tertiary/aromatic N) is 3. The minimum absolute atomic E-state index is 0.0249. The van der Waals surface area contributed by atoms with Crippen LogP contribution in [-0.4, -0.2) is 38.8 Å². The molecule has 0 unspecified atom stereocenters. The molecular weight excluding hydrogens is 454 g/mol. The Morgan fingerprint density at radius 1 is 1.29 bits per heavy atom. The number of Topliss-reactive ketones (excluding diaryl/α,β-unsaturated/α-hetero) is 1. The third kappa shape index (κ3) is 4.01. The lowest BCUT2D eigenvalue weighted by molar-refractivity contribution is 0.0938. The number of hydrogen-bond acceptors (Lipinski definition) is 7. The molecule has 0 radical (unpaired) electrons. The van der Waals surface area contributed by atoms with Crippen molar-refractivity contribution < 1.29 is 9.53 Å². The van der Waals surface area contributed by atoms with Crippen molar-refractivity contribution in [2.75, 3.05) is 12.4 Å². The first-order valence-electron chi connectivity index (χ1n) is 9.92. The molecule has 1 aromatic carbocycles. The Morgan fingerprint density at radius 2 is 2.16 bits per heavy atom. The lowest BCUT2D eigenvalue weighted by atomic mass is 10.1. The summed E-state index contributed by atoms with van der Waals surface area (Å²) in [6, 6.07) is 10.7. The van der Waals surface area contributed by atoms with Gasteiger partial charge in [-0.1, -0.05) is 35.5 Å². The van der Waals surface area contributed by atoms with E-state index in [1.165, 1.54) is 23.1 Å². The zero-order chi connectivity index (χ0) is 21.4. The third-order valence-corrected chi connectivity index (χ3v) is 7.63. The normalized spacial score (nSPS) is 16.4. The van der Waals surface area contributed by atoms with Gasteiger partial charge in [-0.25, -0.2) is 9.97 Å². The van der Waals surface area contributed by atoms with Crippen molar-refractivity contribution in [3.63, 3.8) is 0 Å². The molecule has 1 saturated heterocycles. The van der Waals surface area contributed by atoms with Crippen LogP contribution in [0.5, 0.6) is 0 Å². The summed E-state index contributed by atoms with van der Waals surface area (Å²) in [5.41, 5.74) is 0.988. The quantitative estimate of drug-likeness (QED) is 0.228. The van der Waals surface area contributed by atoms with Crippen molar-refractivity contribution >= 4 is 60.9 Å². The number of ketones is 1. The minimum Gasteiger partial charge on any atom is -0.376 e. The molecule has 9 heteroatoms. The van der Waals surface area contributed by atoms with Crippen LogP contribution in [0.1, 0.15) is 23.2 Å². The number of thioether (sulfide) groups is 1. The number of aromatic nitrogens is 3. The van der Waals surface area contributed by atoms with Gasteiger partial charge in [-0.15, -0.1) is 11.3 Å². The van der Waals surface area contributed by atoms with Crippen molar-refractivity contribution in [1.82, 2.24) is 14.5 Å². The van der Waals surface area contributed by atoms with Gasteiger partial charge >= 0.3 is 0 Å². The predicted octanol–water partition coefficient (Wildman–Crippen LogP) is 4.81. The Kier molecular flexibility index (Phi) is 5.79. The van der Waals surface area contributed by atoms with Crippen LogP contribution >= 0.6 is 34.7 Å². The summed E-state index contributed by atoms with van der Waals surface area (Å²) in [4.78, 5) is 36.1. The molecule has 0 spiro atoms. The molecule has 158 valence electrons. The fourth-order valence-electron chi connectivity index (χ4n) is 3.70. The average molecular weight is 472 g/mol. The molecule has 1 fully saturated rings. The van der Waals surface area contributed by atoms with Gasteiger partial charge in [-0.3, -0.25) is 14.2 Å². The zero-order valence-electron chi connectivity index (χ0n) is 16.4. The molecule has 3 aromatic heterocycles. The molecule has 0 N–H and O–H groups in total. The standard InChI is InChI=1S/C22H18ClN3O3S2/c23-16-8-2-1-6-14(16)17(27)12-30-22-25-18-15-7-3-9-24-20(15)31-19(18)21(28)26(22)11-13-5-4-10-29-13/h1-3,6-9,13H,4-5,10-12H2/t13-/m0/s1. The lowest BCUT2D eigenvalue weighted by Gasteiger charge is -2.15. The maximum absolute atomic E-state index is 13.4.